The molecule has 0 spiro atoms. The number of rotatable bonds is 8. The normalized spacial score (nSPS) is 12.9. The summed E-state index contributed by atoms with van der Waals surface area (Å²) in [5.41, 5.74) is 0.673. The van der Waals surface area contributed by atoms with E-state index in [2.05, 4.69) is 11.8 Å². The molecule has 0 saturated carbocycles. The van der Waals surface area contributed by atoms with E-state index in [0.717, 1.165) is 26.1 Å². The predicted molar refractivity (Wildman–Crippen MR) is 79.9 cm³/mol. The van der Waals surface area contributed by atoms with Gasteiger partial charge in [-0.3, -0.25) is 0 Å². The monoisotopic (exact) mass is 305 g/mol. The van der Waals surface area contributed by atoms with Gasteiger partial charge in [-0.1, -0.05) is 42.3 Å². The van der Waals surface area contributed by atoms with E-state index in [0.29, 0.717) is 22.0 Å². The first-order valence-electron chi connectivity index (χ1n) is 6.55. The molecule has 0 aliphatic carbocycles. The van der Waals surface area contributed by atoms with E-state index < -0.39 is 6.10 Å². The van der Waals surface area contributed by atoms with Gasteiger partial charge in [0.15, 0.2) is 0 Å². The summed E-state index contributed by atoms with van der Waals surface area (Å²) in [6, 6.07) is 5.29. The van der Waals surface area contributed by atoms with Crippen molar-refractivity contribution >= 4 is 23.2 Å². The molecule has 0 aliphatic heterocycles. The molecule has 0 bridgehead atoms. The number of halogens is 2. The molecule has 108 valence electrons. The average Bonchev–Trinajstić information content (AvgIpc) is 2.42. The topological polar surface area (TPSA) is 43.7 Å². The Morgan fingerprint density at radius 2 is 2.00 bits per heavy atom. The van der Waals surface area contributed by atoms with Crippen LogP contribution in [0.15, 0.2) is 18.2 Å². The van der Waals surface area contributed by atoms with Gasteiger partial charge in [0.1, 0.15) is 0 Å². The third-order valence-electron chi connectivity index (χ3n) is 3.14. The summed E-state index contributed by atoms with van der Waals surface area (Å²) in [6.45, 7) is 4.76. The second kappa shape index (κ2) is 8.77. The van der Waals surface area contributed by atoms with Crippen LogP contribution in [0.1, 0.15) is 31.4 Å². The van der Waals surface area contributed by atoms with Gasteiger partial charge < -0.3 is 15.1 Å². The first kappa shape index (κ1) is 16.7. The molecule has 0 aromatic heterocycles. The number of benzene rings is 1. The zero-order valence-electron chi connectivity index (χ0n) is 11.1. The van der Waals surface area contributed by atoms with Gasteiger partial charge in [-0.15, -0.1) is 0 Å². The van der Waals surface area contributed by atoms with Gasteiger partial charge in [-0.05, 0) is 25.5 Å². The molecule has 0 radical (unpaired) electrons. The molecule has 19 heavy (non-hydrogen) atoms. The molecule has 1 rings (SSSR count). The van der Waals surface area contributed by atoms with Crippen LogP contribution in [0.25, 0.3) is 0 Å². The fourth-order valence-corrected chi connectivity index (χ4v) is 2.39. The maximum atomic E-state index is 10.2. The summed E-state index contributed by atoms with van der Waals surface area (Å²) in [6.07, 6.45) is 0.732. The minimum absolute atomic E-state index is 0.194. The molecule has 1 aromatic carbocycles. The summed E-state index contributed by atoms with van der Waals surface area (Å²) in [5, 5.41) is 19.9. The highest BCUT2D eigenvalue weighted by atomic mass is 35.5. The minimum atomic E-state index is -0.616. The standard InChI is InChI=1S/C14H21Cl2NO2/c1-2-17(8-4-10-18)9-7-13(19)11-5-3-6-12(15)14(11)16/h3,5-6,13,18-19H,2,4,7-10H2,1H3. The Hall–Kier alpha value is -0.320. The molecule has 3 nitrogen and oxygen atoms in total. The summed E-state index contributed by atoms with van der Waals surface area (Å²) in [7, 11) is 0. The summed E-state index contributed by atoms with van der Waals surface area (Å²) in [4.78, 5) is 2.19. The Morgan fingerprint density at radius 1 is 1.26 bits per heavy atom. The fraction of sp³-hybridized carbons (Fsp3) is 0.571. The van der Waals surface area contributed by atoms with E-state index in [9.17, 15) is 5.11 Å². The second-order valence-corrected chi connectivity index (χ2v) is 5.24. The highest BCUT2D eigenvalue weighted by Gasteiger charge is 2.14. The number of aliphatic hydroxyl groups is 2. The van der Waals surface area contributed by atoms with Crippen molar-refractivity contribution in [3.63, 3.8) is 0 Å². The molecule has 1 unspecified atom stereocenters. The molecule has 1 atom stereocenters. The Bertz CT molecular complexity index is 388. The van der Waals surface area contributed by atoms with Crippen molar-refractivity contribution in [1.82, 2.24) is 4.90 Å². The quantitative estimate of drug-likeness (QED) is 0.775. The van der Waals surface area contributed by atoms with E-state index in [1.54, 1.807) is 18.2 Å². The van der Waals surface area contributed by atoms with Crippen molar-refractivity contribution in [1.29, 1.82) is 0 Å². The highest BCUT2D eigenvalue weighted by molar-refractivity contribution is 6.42. The van der Waals surface area contributed by atoms with E-state index in [1.165, 1.54) is 0 Å². The summed E-state index contributed by atoms with van der Waals surface area (Å²) in [5.74, 6) is 0. The first-order valence-corrected chi connectivity index (χ1v) is 7.31. The van der Waals surface area contributed by atoms with Crippen LogP contribution >= 0.6 is 23.2 Å². The molecule has 0 aliphatic rings. The minimum Gasteiger partial charge on any atom is -0.396 e. The van der Waals surface area contributed by atoms with Crippen molar-refractivity contribution in [2.24, 2.45) is 0 Å². The number of hydrogen-bond acceptors (Lipinski definition) is 3. The number of hydrogen-bond donors (Lipinski definition) is 2. The second-order valence-electron chi connectivity index (χ2n) is 4.46. The zero-order chi connectivity index (χ0) is 14.3. The molecule has 0 fully saturated rings. The Balaban J connectivity index is 2.54. The van der Waals surface area contributed by atoms with Gasteiger partial charge in [0.25, 0.3) is 0 Å². The number of aliphatic hydroxyl groups excluding tert-OH is 2. The van der Waals surface area contributed by atoms with Crippen molar-refractivity contribution in [2.45, 2.75) is 25.9 Å². The van der Waals surface area contributed by atoms with Gasteiger partial charge >= 0.3 is 0 Å². The summed E-state index contributed by atoms with van der Waals surface area (Å²) < 4.78 is 0. The van der Waals surface area contributed by atoms with E-state index >= 15 is 0 Å². The van der Waals surface area contributed by atoms with Crippen molar-refractivity contribution < 1.29 is 10.2 Å². The Morgan fingerprint density at radius 3 is 2.63 bits per heavy atom. The molecular formula is C14H21Cl2NO2. The van der Waals surface area contributed by atoms with Crippen LogP contribution in [0.5, 0.6) is 0 Å². The van der Waals surface area contributed by atoms with Crippen LogP contribution in [-0.4, -0.2) is 41.4 Å². The lowest BCUT2D eigenvalue weighted by Crippen LogP contribution is -2.27. The highest BCUT2D eigenvalue weighted by Crippen LogP contribution is 2.31. The zero-order valence-corrected chi connectivity index (χ0v) is 12.7. The lowest BCUT2D eigenvalue weighted by molar-refractivity contribution is 0.140. The molecule has 0 saturated heterocycles. The van der Waals surface area contributed by atoms with Gasteiger partial charge in [0.2, 0.25) is 0 Å². The molecule has 0 amide bonds. The summed E-state index contributed by atoms with van der Waals surface area (Å²) >= 11 is 12.0. The third kappa shape index (κ3) is 5.28. The molecule has 2 N–H and O–H groups in total. The van der Waals surface area contributed by atoms with E-state index in [4.69, 9.17) is 28.3 Å². The van der Waals surface area contributed by atoms with Crippen LogP contribution in [-0.2, 0) is 0 Å². The van der Waals surface area contributed by atoms with E-state index in [-0.39, 0.29) is 6.61 Å². The van der Waals surface area contributed by atoms with Gasteiger partial charge in [-0.2, -0.15) is 0 Å². The first-order chi connectivity index (χ1) is 9.10. The Labute approximate surface area is 124 Å². The lowest BCUT2D eigenvalue weighted by Gasteiger charge is -2.22. The molecule has 0 heterocycles. The predicted octanol–water partition coefficient (Wildman–Crippen LogP) is 3.12. The average molecular weight is 306 g/mol. The lowest BCUT2D eigenvalue weighted by atomic mass is 10.1. The van der Waals surface area contributed by atoms with Crippen LogP contribution in [0.3, 0.4) is 0 Å². The number of nitrogens with zero attached hydrogens (tertiary/aromatic N) is 1. The Kier molecular flexibility index (Phi) is 7.73. The fourth-order valence-electron chi connectivity index (χ4n) is 1.96. The van der Waals surface area contributed by atoms with Crippen LogP contribution < -0.4 is 0 Å². The molecule has 5 heteroatoms. The smallest absolute Gasteiger partial charge is 0.0817 e. The van der Waals surface area contributed by atoms with Crippen molar-refractivity contribution in [2.75, 3.05) is 26.2 Å². The van der Waals surface area contributed by atoms with Crippen LogP contribution in [0, 0.1) is 0 Å². The van der Waals surface area contributed by atoms with Crippen molar-refractivity contribution in [3.8, 4) is 0 Å². The molecule has 1 aromatic rings. The maximum absolute atomic E-state index is 10.2. The molecular weight excluding hydrogens is 285 g/mol. The maximum Gasteiger partial charge on any atom is 0.0817 e. The van der Waals surface area contributed by atoms with Crippen LogP contribution in [0.4, 0.5) is 0 Å². The van der Waals surface area contributed by atoms with Gasteiger partial charge in [0, 0.05) is 25.3 Å². The van der Waals surface area contributed by atoms with Gasteiger partial charge in [-0.25, -0.2) is 0 Å². The largest absolute Gasteiger partial charge is 0.396 e. The SMILES string of the molecule is CCN(CCCO)CCC(O)c1cccc(Cl)c1Cl. The van der Waals surface area contributed by atoms with Crippen molar-refractivity contribution in [3.05, 3.63) is 33.8 Å². The van der Waals surface area contributed by atoms with E-state index in [1.807, 2.05) is 0 Å². The van der Waals surface area contributed by atoms with Crippen LogP contribution in [0.2, 0.25) is 10.0 Å². The van der Waals surface area contributed by atoms with Gasteiger partial charge in [0.05, 0.1) is 16.1 Å². The third-order valence-corrected chi connectivity index (χ3v) is 3.97.